The molecule has 0 unspecified atom stereocenters. The first-order valence-electron chi connectivity index (χ1n) is 10.5. The normalized spacial score (nSPS) is 21.7. The van der Waals surface area contributed by atoms with E-state index in [9.17, 15) is 18.0 Å². The van der Waals surface area contributed by atoms with E-state index in [1.165, 1.54) is 27.6 Å². The van der Waals surface area contributed by atoms with Crippen LogP contribution in [-0.4, -0.2) is 68.4 Å². The molecule has 1 atom stereocenters. The second-order valence-electron chi connectivity index (χ2n) is 9.25. The maximum atomic E-state index is 13.2. The molecule has 170 valence electrons. The van der Waals surface area contributed by atoms with Crippen molar-refractivity contribution in [3.05, 3.63) is 16.0 Å². The highest BCUT2D eigenvalue weighted by Crippen LogP contribution is 2.31. The van der Waals surface area contributed by atoms with Crippen LogP contribution in [0.15, 0.2) is 9.13 Å². The molecule has 2 aromatic rings. The lowest BCUT2D eigenvalue weighted by molar-refractivity contribution is -0.132. The predicted octanol–water partition coefficient (Wildman–Crippen LogP) is 1.89. The van der Waals surface area contributed by atoms with Crippen LogP contribution >= 0.6 is 23.1 Å². The zero-order valence-corrected chi connectivity index (χ0v) is 20.4. The van der Waals surface area contributed by atoms with Crippen LogP contribution in [0.3, 0.4) is 0 Å². The number of fused-ring (bicyclic) bond motifs is 1. The second kappa shape index (κ2) is 8.43. The Labute approximate surface area is 189 Å². The van der Waals surface area contributed by atoms with Gasteiger partial charge in [0.2, 0.25) is 10.9 Å². The smallest absolute Gasteiger partial charge is 0.297 e. The van der Waals surface area contributed by atoms with E-state index in [4.69, 9.17) is 0 Å². The van der Waals surface area contributed by atoms with E-state index in [-0.39, 0.29) is 40.8 Å². The second-order valence-corrected chi connectivity index (χ2v) is 13.7. The Morgan fingerprint density at radius 2 is 1.90 bits per heavy atom. The number of thioether (sulfide) groups is 1. The molecule has 0 radical (unpaired) electrons. The fourth-order valence-corrected chi connectivity index (χ4v) is 7.76. The first-order valence-corrected chi connectivity index (χ1v) is 14.1. The molecule has 12 heteroatoms. The zero-order valence-electron chi connectivity index (χ0n) is 17.9. The molecular weight excluding hydrogens is 458 g/mol. The first-order chi connectivity index (χ1) is 14.5. The summed E-state index contributed by atoms with van der Waals surface area (Å²) in [5, 5.41) is 12.6. The van der Waals surface area contributed by atoms with E-state index >= 15 is 0 Å². The summed E-state index contributed by atoms with van der Waals surface area (Å²) in [7, 11) is -3.07. The molecule has 0 aromatic carbocycles. The number of hydrogen-bond donors (Lipinski definition) is 0. The largest absolute Gasteiger partial charge is 0.335 e. The number of sulfone groups is 1. The van der Waals surface area contributed by atoms with Crippen LogP contribution in [0.1, 0.15) is 58.6 Å². The molecule has 2 aromatic heterocycles. The van der Waals surface area contributed by atoms with Crippen LogP contribution in [0, 0.1) is 0 Å². The van der Waals surface area contributed by atoms with E-state index in [1.807, 2.05) is 25.7 Å². The van der Waals surface area contributed by atoms with Crippen molar-refractivity contribution in [2.75, 3.05) is 17.3 Å². The van der Waals surface area contributed by atoms with Crippen molar-refractivity contribution in [3.8, 4) is 0 Å². The van der Waals surface area contributed by atoms with Gasteiger partial charge in [0.25, 0.3) is 5.56 Å². The highest BCUT2D eigenvalue weighted by molar-refractivity contribution is 8.01. The minimum Gasteiger partial charge on any atom is -0.335 e. The van der Waals surface area contributed by atoms with Gasteiger partial charge in [-0.3, -0.25) is 9.59 Å². The third-order valence-corrected chi connectivity index (χ3v) is 9.58. The molecule has 1 saturated heterocycles. The molecule has 0 spiro atoms. The van der Waals surface area contributed by atoms with Crippen LogP contribution in [0.4, 0.5) is 0 Å². The van der Waals surface area contributed by atoms with E-state index in [2.05, 4.69) is 15.3 Å². The average molecular weight is 486 g/mol. The summed E-state index contributed by atoms with van der Waals surface area (Å²) in [6, 6.07) is -0.121. The highest BCUT2D eigenvalue weighted by atomic mass is 32.2. The van der Waals surface area contributed by atoms with Gasteiger partial charge in [-0.25, -0.2) is 8.42 Å². The molecule has 1 amide bonds. The molecule has 2 fully saturated rings. The van der Waals surface area contributed by atoms with E-state index in [1.54, 1.807) is 0 Å². The lowest BCUT2D eigenvalue weighted by Crippen LogP contribution is -2.47. The van der Waals surface area contributed by atoms with Gasteiger partial charge in [-0.05, 0) is 19.3 Å². The van der Waals surface area contributed by atoms with Gasteiger partial charge in [-0.1, -0.05) is 56.7 Å². The number of hydrogen-bond acceptors (Lipinski definition) is 9. The van der Waals surface area contributed by atoms with Crippen LogP contribution in [0.2, 0.25) is 0 Å². The third kappa shape index (κ3) is 4.80. The van der Waals surface area contributed by atoms with Gasteiger partial charge in [0, 0.05) is 17.5 Å². The van der Waals surface area contributed by atoms with Gasteiger partial charge in [-0.2, -0.15) is 4.52 Å². The van der Waals surface area contributed by atoms with Gasteiger partial charge in [-0.15, -0.1) is 15.3 Å². The van der Waals surface area contributed by atoms with Crippen LogP contribution < -0.4 is 5.56 Å². The summed E-state index contributed by atoms with van der Waals surface area (Å²) in [4.78, 5) is 28.1. The van der Waals surface area contributed by atoms with Crippen molar-refractivity contribution < 1.29 is 13.2 Å². The van der Waals surface area contributed by atoms with E-state index in [0.717, 1.165) is 25.7 Å². The molecule has 0 bridgehead atoms. The lowest BCUT2D eigenvalue weighted by atomic mass is 9.93. The molecule has 4 rings (SSSR count). The maximum absolute atomic E-state index is 13.2. The van der Waals surface area contributed by atoms with Crippen molar-refractivity contribution in [3.63, 3.8) is 0 Å². The van der Waals surface area contributed by atoms with Crippen molar-refractivity contribution in [1.29, 1.82) is 0 Å². The quantitative estimate of drug-likeness (QED) is 0.590. The van der Waals surface area contributed by atoms with Crippen molar-refractivity contribution in [2.24, 2.45) is 0 Å². The third-order valence-electron chi connectivity index (χ3n) is 5.81. The topological polar surface area (TPSA) is 115 Å². The number of carbonyl (C=O) groups excluding carboxylic acids is 1. The minimum absolute atomic E-state index is 0.0572. The summed E-state index contributed by atoms with van der Waals surface area (Å²) in [6.45, 7) is 5.69. The zero-order chi connectivity index (χ0) is 22.4. The summed E-state index contributed by atoms with van der Waals surface area (Å²) in [5.41, 5.74) is -0.393. The highest BCUT2D eigenvalue weighted by Gasteiger charge is 2.39. The van der Waals surface area contributed by atoms with Crippen LogP contribution in [-0.2, 0) is 20.0 Å². The summed E-state index contributed by atoms with van der Waals surface area (Å²) in [5.74, 6) is 0.298. The maximum Gasteiger partial charge on any atom is 0.297 e. The van der Waals surface area contributed by atoms with Crippen molar-refractivity contribution >= 4 is 43.8 Å². The van der Waals surface area contributed by atoms with Gasteiger partial charge in [0.05, 0.1) is 17.3 Å². The molecular formula is C19H27N5O4S3. The Hall–Kier alpha value is -1.53. The summed E-state index contributed by atoms with van der Waals surface area (Å²) in [6.07, 6.45) is 4.49. The Kier molecular flexibility index (Phi) is 6.16. The lowest BCUT2D eigenvalue weighted by Gasteiger charge is -2.34. The molecule has 3 heterocycles. The molecule has 2 aliphatic rings. The molecule has 1 aliphatic carbocycles. The standard InChI is InChI=1S/C19H27N5O4S3/c1-19(2,3)15-16(26)24-17(21-20-15)30-18(22-24)29-10-14(25)23(12-6-4-5-7-12)13-8-9-31(27,28)11-13/h12-13H,4-11H2,1-3H3/t13-/m1/s1. The first kappa shape index (κ1) is 22.7. The van der Waals surface area contributed by atoms with Crippen molar-refractivity contribution in [1.82, 2.24) is 24.7 Å². The Morgan fingerprint density at radius 1 is 1.19 bits per heavy atom. The summed E-state index contributed by atoms with van der Waals surface area (Å²) >= 11 is 2.48. The number of nitrogens with zero attached hydrogens (tertiary/aromatic N) is 5. The van der Waals surface area contributed by atoms with Crippen LogP contribution in [0.5, 0.6) is 0 Å². The average Bonchev–Trinajstić information content (AvgIpc) is 3.40. The molecule has 9 nitrogen and oxygen atoms in total. The van der Waals surface area contributed by atoms with Gasteiger partial charge in [0.15, 0.2) is 14.2 Å². The summed E-state index contributed by atoms with van der Waals surface area (Å²) < 4.78 is 25.8. The van der Waals surface area contributed by atoms with E-state index in [0.29, 0.717) is 21.4 Å². The van der Waals surface area contributed by atoms with E-state index < -0.39 is 15.3 Å². The number of rotatable bonds is 5. The monoisotopic (exact) mass is 485 g/mol. The number of carbonyl (C=O) groups is 1. The Balaban J connectivity index is 1.51. The molecule has 1 aliphatic heterocycles. The number of aromatic nitrogens is 4. The Morgan fingerprint density at radius 3 is 2.52 bits per heavy atom. The molecule has 0 N–H and O–H groups in total. The SMILES string of the molecule is CC(C)(C)c1nnc2sc(SCC(=O)N(C3CCCC3)[C@@H]3CCS(=O)(=O)C3)nn2c1=O. The predicted molar refractivity (Wildman–Crippen MR) is 121 cm³/mol. The van der Waals surface area contributed by atoms with Gasteiger partial charge in [0.1, 0.15) is 5.69 Å². The van der Waals surface area contributed by atoms with Gasteiger partial charge >= 0.3 is 0 Å². The fraction of sp³-hybridized carbons (Fsp3) is 0.737. The minimum atomic E-state index is -3.07. The van der Waals surface area contributed by atoms with Gasteiger partial charge < -0.3 is 4.90 Å². The number of amides is 1. The van der Waals surface area contributed by atoms with Crippen molar-refractivity contribution in [2.45, 2.75) is 74.7 Å². The van der Waals surface area contributed by atoms with Crippen LogP contribution in [0.25, 0.3) is 4.96 Å². The Bertz CT molecular complexity index is 1150. The fourth-order valence-electron chi connectivity index (χ4n) is 4.31. The molecule has 1 saturated carbocycles. The molecule has 31 heavy (non-hydrogen) atoms.